The number of hydrogen-bond acceptors (Lipinski definition) is 2. The van der Waals surface area contributed by atoms with Gasteiger partial charge >= 0.3 is 0 Å². The average molecular weight is 160 g/mol. The number of carbonyl (C=O) groups excluding carboxylic acids is 2. The third-order valence-corrected chi connectivity index (χ3v) is 2.11. The summed E-state index contributed by atoms with van der Waals surface area (Å²) in [6.07, 6.45) is 8.43. The Morgan fingerprint density at radius 3 is 2.83 bits per heavy atom. The van der Waals surface area contributed by atoms with E-state index >= 15 is 0 Å². The minimum Gasteiger partial charge on any atom is -0.290 e. The molecule has 0 spiro atoms. The van der Waals surface area contributed by atoms with E-state index in [2.05, 4.69) is 0 Å². The van der Waals surface area contributed by atoms with Gasteiger partial charge in [0.05, 0.1) is 0 Å². The van der Waals surface area contributed by atoms with E-state index in [-0.39, 0.29) is 18.0 Å². The monoisotopic (exact) mass is 160 g/mol. The molecule has 0 fully saturated rings. The van der Waals surface area contributed by atoms with Gasteiger partial charge in [-0.3, -0.25) is 9.59 Å². The molecule has 0 bridgehead atoms. The van der Waals surface area contributed by atoms with Crippen molar-refractivity contribution in [3.63, 3.8) is 0 Å². The molecular formula is C10H8O2. The van der Waals surface area contributed by atoms with E-state index in [4.69, 9.17) is 0 Å². The maximum Gasteiger partial charge on any atom is 0.229 e. The second-order valence-electron chi connectivity index (χ2n) is 2.90. The Morgan fingerprint density at radius 2 is 2.00 bits per heavy atom. The highest BCUT2D eigenvalue weighted by Gasteiger charge is 2.25. The zero-order valence-electron chi connectivity index (χ0n) is 6.54. The Kier molecular flexibility index (Phi) is 1.54. The third-order valence-electron chi connectivity index (χ3n) is 2.11. The second-order valence-corrected chi connectivity index (χ2v) is 2.90. The fraction of sp³-hybridized carbons (Fsp3) is 0.200. The average Bonchev–Trinajstić information content (AvgIpc) is 2.12. The molecule has 0 unspecified atom stereocenters. The van der Waals surface area contributed by atoms with Crippen LogP contribution >= 0.6 is 0 Å². The minimum absolute atomic E-state index is 0.277. The van der Waals surface area contributed by atoms with Crippen molar-refractivity contribution in [3.8, 4) is 0 Å². The summed E-state index contributed by atoms with van der Waals surface area (Å²) in [5, 5.41) is 0. The van der Waals surface area contributed by atoms with Crippen LogP contribution in [0.4, 0.5) is 0 Å². The largest absolute Gasteiger partial charge is 0.290 e. The van der Waals surface area contributed by atoms with Gasteiger partial charge in [-0.1, -0.05) is 24.3 Å². The van der Waals surface area contributed by atoms with E-state index in [0.717, 1.165) is 12.0 Å². The molecule has 0 aromatic carbocycles. The summed E-state index contributed by atoms with van der Waals surface area (Å²) in [6, 6.07) is 0. The first-order chi connectivity index (χ1) is 5.79. The Bertz CT molecular complexity index is 343. The highest BCUT2D eigenvalue weighted by Crippen LogP contribution is 2.25. The highest BCUT2D eigenvalue weighted by molar-refractivity contribution is 6.46. The van der Waals surface area contributed by atoms with E-state index in [0.29, 0.717) is 5.57 Å². The lowest BCUT2D eigenvalue weighted by Gasteiger charge is -2.15. The van der Waals surface area contributed by atoms with Crippen LogP contribution in [0.25, 0.3) is 0 Å². The molecule has 2 aliphatic carbocycles. The van der Waals surface area contributed by atoms with Crippen LogP contribution in [0.2, 0.25) is 0 Å². The molecule has 0 saturated heterocycles. The first kappa shape index (κ1) is 7.22. The first-order valence-electron chi connectivity index (χ1n) is 3.93. The Labute approximate surface area is 70.3 Å². The minimum atomic E-state index is -0.322. The topological polar surface area (TPSA) is 34.1 Å². The van der Waals surface area contributed by atoms with E-state index < -0.39 is 0 Å². The maximum absolute atomic E-state index is 11.3. The van der Waals surface area contributed by atoms with Gasteiger partial charge in [-0.2, -0.15) is 0 Å². The molecule has 0 aromatic heterocycles. The van der Waals surface area contributed by atoms with Crippen molar-refractivity contribution < 1.29 is 9.59 Å². The Morgan fingerprint density at radius 1 is 1.17 bits per heavy atom. The predicted octanol–water partition coefficient (Wildman–Crippen LogP) is 1.34. The molecule has 12 heavy (non-hydrogen) atoms. The lowest BCUT2D eigenvalue weighted by atomic mass is 9.87. The van der Waals surface area contributed by atoms with E-state index in [1.54, 1.807) is 6.08 Å². The molecule has 0 saturated carbocycles. The summed E-state index contributed by atoms with van der Waals surface area (Å²) in [4.78, 5) is 22.3. The van der Waals surface area contributed by atoms with Gasteiger partial charge in [-0.05, 0) is 12.0 Å². The van der Waals surface area contributed by atoms with Crippen LogP contribution in [-0.2, 0) is 9.59 Å². The van der Waals surface area contributed by atoms with Crippen molar-refractivity contribution >= 4 is 11.6 Å². The number of ketones is 2. The zero-order chi connectivity index (χ0) is 8.55. The van der Waals surface area contributed by atoms with Gasteiger partial charge in [0.15, 0.2) is 0 Å². The van der Waals surface area contributed by atoms with Crippen LogP contribution in [0.1, 0.15) is 12.8 Å². The van der Waals surface area contributed by atoms with E-state index in [9.17, 15) is 9.59 Å². The van der Waals surface area contributed by atoms with Crippen LogP contribution in [0, 0.1) is 0 Å². The molecule has 0 N–H and O–H groups in total. The zero-order valence-corrected chi connectivity index (χ0v) is 6.54. The summed E-state index contributed by atoms with van der Waals surface area (Å²) < 4.78 is 0. The Balaban J connectivity index is 2.48. The molecule has 0 amide bonds. The summed E-state index contributed by atoms with van der Waals surface area (Å²) in [5.41, 5.74) is 1.59. The van der Waals surface area contributed by atoms with Crippen LogP contribution in [0.15, 0.2) is 35.5 Å². The fourth-order valence-corrected chi connectivity index (χ4v) is 1.45. The quantitative estimate of drug-likeness (QED) is 0.501. The third kappa shape index (κ3) is 0.961. The predicted molar refractivity (Wildman–Crippen MR) is 44.6 cm³/mol. The normalized spacial score (nSPS) is 21.7. The van der Waals surface area contributed by atoms with E-state index in [1.807, 2.05) is 18.2 Å². The molecule has 0 atom stereocenters. The van der Waals surface area contributed by atoms with Crippen LogP contribution in [-0.4, -0.2) is 11.6 Å². The molecule has 0 heterocycles. The highest BCUT2D eigenvalue weighted by atomic mass is 16.2. The first-order valence-corrected chi connectivity index (χ1v) is 3.93. The number of carbonyl (C=O) groups is 2. The number of rotatable bonds is 0. The van der Waals surface area contributed by atoms with Crippen LogP contribution < -0.4 is 0 Å². The van der Waals surface area contributed by atoms with Gasteiger partial charge in [0.2, 0.25) is 11.6 Å². The van der Waals surface area contributed by atoms with Crippen molar-refractivity contribution in [2.24, 2.45) is 0 Å². The number of allylic oxidation sites excluding steroid dienone is 6. The summed E-state index contributed by atoms with van der Waals surface area (Å²) >= 11 is 0. The van der Waals surface area contributed by atoms with Crippen molar-refractivity contribution in [2.75, 3.05) is 0 Å². The smallest absolute Gasteiger partial charge is 0.229 e. The number of fused-ring (bicyclic) bond motifs is 1. The lowest BCUT2D eigenvalue weighted by molar-refractivity contribution is -0.134. The van der Waals surface area contributed by atoms with Crippen LogP contribution in [0.5, 0.6) is 0 Å². The van der Waals surface area contributed by atoms with Crippen molar-refractivity contribution in [1.29, 1.82) is 0 Å². The molecule has 0 aliphatic heterocycles. The van der Waals surface area contributed by atoms with Gasteiger partial charge in [0.1, 0.15) is 0 Å². The standard InChI is InChI=1S/C10H8O2/c11-9-6-5-7-3-1-2-4-8(7)10(9)12/h1-2,4-5H,3,6H2. The maximum atomic E-state index is 11.3. The van der Waals surface area contributed by atoms with Gasteiger partial charge in [-0.15, -0.1) is 0 Å². The molecule has 0 aromatic rings. The van der Waals surface area contributed by atoms with Crippen LogP contribution in [0.3, 0.4) is 0 Å². The molecule has 0 radical (unpaired) electrons. The second kappa shape index (κ2) is 2.55. The van der Waals surface area contributed by atoms with Gasteiger partial charge < -0.3 is 0 Å². The number of Topliss-reactive ketones (excluding diaryl/α,β-unsaturated/α-hetero) is 2. The summed E-state index contributed by atoms with van der Waals surface area (Å²) in [7, 11) is 0. The van der Waals surface area contributed by atoms with Crippen molar-refractivity contribution in [3.05, 3.63) is 35.5 Å². The molecule has 2 aliphatic rings. The fourth-order valence-electron chi connectivity index (χ4n) is 1.45. The molecule has 2 rings (SSSR count). The van der Waals surface area contributed by atoms with Gasteiger partial charge in [-0.25, -0.2) is 0 Å². The van der Waals surface area contributed by atoms with E-state index in [1.165, 1.54) is 0 Å². The molecule has 60 valence electrons. The Hall–Kier alpha value is -1.44. The summed E-state index contributed by atoms with van der Waals surface area (Å²) in [5.74, 6) is -0.614. The number of hydrogen-bond donors (Lipinski definition) is 0. The lowest BCUT2D eigenvalue weighted by Crippen LogP contribution is -2.21. The van der Waals surface area contributed by atoms with Gasteiger partial charge in [0, 0.05) is 12.0 Å². The molecule has 2 heteroatoms. The van der Waals surface area contributed by atoms with Gasteiger partial charge in [0.25, 0.3) is 0 Å². The SMILES string of the molecule is O=C1CC=C2CC=CC=C2C1=O. The van der Waals surface area contributed by atoms with Crippen molar-refractivity contribution in [1.82, 2.24) is 0 Å². The summed E-state index contributed by atoms with van der Waals surface area (Å²) in [6.45, 7) is 0. The van der Waals surface area contributed by atoms with Crippen molar-refractivity contribution in [2.45, 2.75) is 12.8 Å². The molecule has 2 nitrogen and oxygen atoms in total. The molecular weight excluding hydrogens is 152 g/mol.